The van der Waals surface area contributed by atoms with Crippen LogP contribution in [0.3, 0.4) is 0 Å². The fraction of sp³-hybridized carbons (Fsp3) is 0.476. The van der Waals surface area contributed by atoms with E-state index < -0.39 is 5.82 Å². The Balaban J connectivity index is 1.61. The number of nitrogens with zero attached hydrogens (tertiary/aromatic N) is 2. The van der Waals surface area contributed by atoms with E-state index in [4.69, 9.17) is 4.74 Å². The number of likely N-dealkylation sites (tertiary alicyclic amines) is 1. The molecule has 0 unspecified atom stereocenters. The first-order valence-electron chi connectivity index (χ1n) is 10.2. The zero-order chi connectivity index (χ0) is 21.3. The van der Waals surface area contributed by atoms with Gasteiger partial charge in [-0.2, -0.15) is 0 Å². The summed E-state index contributed by atoms with van der Waals surface area (Å²) in [5.74, 6) is -0.591. The average molecular weight is 526 g/mol. The van der Waals surface area contributed by atoms with E-state index >= 15 is 0 Å². The molecule has 160 valence electrons. The molecular weight excluding hydrogens is 502 g/mol. The van der Waals surface area contributed by atoms with E-state index in [9.17, 15) is 14.0 Å². The quantitative estimate of drug-likeness (QED) is 0.469. The maximum atomic E-state index is 14.4. The molecule has 2 aliphatic heterocycles. The van der Waals surface area contributed by atoms with Crippen LogP contribution in [0.1, 0.15) is 48.7 Å². The van der Waals surface area contributed by atoms with E-state index in [-0.39, 0.29) is 17.4 Å². The van der Waals surface area contributed by atoms with Crippen molar-refractivity contribution in [3.63, 3.8) is 0 Å². The van der Waals surface area contributed by atoms with E-state index in [1.165, 1.54) is 12.4 Å². The van der Waals surface area contributed by atoms with E-state index in [1.807, 2.05) is 0 Å². The number of pyridine rings is 1. The number of carbonyl (C=O) groups excluding carboxylic acids is 2. The van der Waals surface area contributed by atoms with Gasteiger partial charge in [0.2, 0.25) is 0 Å². The molecule has 2 N–H and O–H groups in total. The van der Waals surface area contributed by atoms with Crippen molar-refractivity contribution in [3.8, 4) is 11.3 Å². The number of aromatic amines is 1. The number of nitrogens with one attached hydrogen (secondary N) is 2. The van der Waals surface area contributed by atoms with Gasteiger partial charge in [-0.1, -0.05) is 13.3 Å². The standard InChI is InChI=1S/C21H24FIN4O3/c1-2-3-10-30-20(29)27-8-5-21(6-9-27)12-25-19(28)15-16(23)17(26-18(15)21)13-4-7-24-11-14(13)22/h4,7,11,26H,2-3,5-6,8-10,12H2,1H3,(H,25,28). The Bertz CT molecular complexity index is 969. The number of hydrogen-bond donors (Lipinski definition) is 2. The van der Waals surface area contributed by atoms with Crippen LogP contribution in [0.15, 0.2) is 18.5 Å². The Morgan fingerprint density at radius 1 is 1.40 bits per heavy atom. The molecule has 4 rings (SSSR count). The molecule has 2 aromatic heterocycles. The number of ether oxygens (including phenoxy) is 1. The fourth-order valence-corrected chi connectivity index (χ4v) is 5.16. The molecule has 2 amide bonds. The van der Waals surface area contributed by atoms with Crippen molar-refractivity contribution in [3.05, 3.63) is 39.1 Å². The lowest BCUT2D eigenvalue weighted by atomic mass is 9.72. The van der Waals surface area contributed by atoms with Crippen LogP contribution in [-0.4, -0.2) is 53.1 Å². The van der Waals surface area contributed by atoms with Crippen LogP contribution in [0.5, 0.6) is 0 Å². The van der Waals surface area contributed by atoms with Crippen LogP contribution in [0.25, 0.3) is 11.3 Å². The summed E-state index contributed by atoms with van der Waals surface area (Å²) >= 11 is 2.10. The number of rotatable bonds is 4. The highest BCUT2D eigenvalue weighted by atomic mass is 127. The van der Waals surface area contributed by atoms with Crippen molar-refractivity contribution in [2.24, 2.45) is 0 Å². The predicted molar refractivity (Wildman–Crippen MR) is 118 cm³/mol. The summed E-state index contributed by atoms with van der Waals surface area (Å²) in [7, 11) is 0. The third-order valence-corrected chi connectivity index (χ3v) is 7.11. The minimum absolute atomic E-state index is 0.154. The van der Waals surface area contributed by atoms with Crippen molar-refractivity contribution < 1.29 is 18.7 Å². The molecule has 0 aliphatic carbocycles. The number of hydrogen-bond acceptors (Lipinski definition) is 4. The van der Waals surface area contributed by atoms with Gasteiger partial charge in [-0.15, -0.1) is 0 Å². The van der Waals surface area contributed by atoms with Crippen molar-refractivity contribution >= 4 is 34.6 Å². The molecule has 1 saturated heterocycles. The van der Waals surface area contributed by atoms with Crippen LogP contribution in [-0.2, 0) is 10.2 Å². The molecule has 4 heterocycles. The molecule has 2 aliphatic rings. The van der Waals surface area contributed by atoms with E-state index in [0.29, 0.717) is 59.5 Å². The zero-order valence-electron chi connectivity index (χ0n) is 16.8. The maximum absolute atomic E-state index is 14.4. The highest BCUT2D eigenvalue weighted by Crippen LogP contribution is 2.43. The average Bonchev–Trinajstić information content (AvgIpc) is 3.10. The Labute approximate surface area is 187 Å². The number of amides is 2. The summed E-state index contributed by atoms with van der Waals surface area (Å²) in [5.41, 5.74) is 2.08. The van der Waals surface area contributed by atoms with Crippen LogP contribution >= 0.6 is 22.6 Å². The van der Waals surface area contributed by atoms with Crippen molar-refractivity contribution in [2.75, 3.05) is 26.2 Å². The van der Waals surface area contributed by atoms with E-state index in [1.54, 1.807) is 11.0 Å². The number of piperidine rings is 1. The number of carbonyl (C=O) groups is 2. The number of fused-ring (bicyclic) bond motifs is 2. The van der Waals surface area contributed by atoms with E-state index in [0.717, 1.165) is 18.5 Å². The van der Waals surface area contributed by atoms with Gasteiger partial charge >= 0.3 is 6.09 Å². The van der Waals surface area contributed by atoms with Gasteiger partial charge in [-0.25, -0.2) is 9.18 Å². The van der Waals surface area contributed by atoms with Crippen molar-refractivity contribution in [2.45, 2.75) is 38.0 Å². The van der Waals surface area contributed by atoms with Gasteiger partial charge in [0.1, 0.15) is 0 Å². The lowest BCUT2D eigenvalue weighted by molar-refractivity contribution is 0.0745. The molecule has 0 atom stereocenters. The summed E-state index contributed by atoms with van der Waals surface area (Å²) < 4.78 is 20.4. The smallest absolute Gasteiger partial charge is 0.409 e. The fourth-order valence-electron chi connectivity index (χ4n) is 4.22. The summed E-state index contributed by atoms with van der Waals surface area (Å²) in [6.07, 6.45) is 5.64. The molecule has 7 nitrogen and oxygen atoms in total. The van der Waals surface area contributed by atoms with Crippen molar-refractivity contribution in [1.29, 1.82) is 0 Å². The molecule has 0 bridgehead atoms. The van der Waals surface area contributed by atoms with Gasteiger partial charge < -0.3 is 19.9 Å². The zero-order valence-corrected chi connectivity index (χ0v) is 18.9. The lowest BCUT2D eigenvalue weighted by Gasteiger charge is -2.43. The molecular formula is C21H24FIN4O3. The SMILES string of the molecule is CCCCOC(=O)N1CCC2(CC1)CNC(=O)c1c2[nH]c(-c2ccncc2F)c1I. The van der Waals surface area contributed by atoms with Gasteiger partial charge in [-0.05, 0) is 47.9 Å². The number of aromatic nitrogens is 2. The first-order valence-corrected chi connectivity index (χ1v) is 11.3. The van der Waals surface area contributed by atoms with Gasteiger partial charge in [0.05, 0.1) is 27.6 Å². The van der Waals surface area contributed by atoms with Crippen LogP contribution in [0, 0.1) is 9.39 Å². The third kappa shape index (κ3) is 3.67. The number of halogens is 2. The van der Waals surface area contributed by atoms with E-state index in [2.05, 4.69) is 44.8 Å². The topological polar surface area (TPSA) is 87.3 Å². The molecule has 30 heavy (non-hydrogen) atoms. The predicted octanol–water partition coefficient (Wildman–Crippen LogP) is 3.83. The maximum Gasteiger partial charge on any atom is 0.409 e. The Hall–Kier alpha value is -2.17. The largest absolute Gasteiger partial charge is 0.449 e. The number of H-pyrrole nitrogens is 1. The third-order valence-electron chi connectivity index (χ3n) is 6.03. The second-order valence-electron chi connectivity index (χ2n) is 7.84. The van der Waals surface area contributed by atoms with Gasteiger partial charge in [0, 0.05) is 42.5 Å². The minimum Gasteiger partial charge on any atom is -0.449 e. The van der Waals surface area contributed by atoms with Gasteiger partial charge in [-0.3, -0.25) is 9.78 Å². The molecule has 0 saturated carbocycles. The summed E-state index contributed by atoms with van der Waals surface area (Å²) in [6, 6.07) is 1.61. The molecule has 9 heteroatoms. The highest BCUT2D eigenvalue weighted by Gasteiger charge is 2.45. The highest BCUT2D eigenvalue weighted by molar-refractivity contribution is 14.1. The Morgan fingerprint density at radius 2 is 2.17 bits per heavy atom. The minimum atomic E-state index is -0.437. The first-order chi connectivity index (χ1) is 14.5. The molecule has 1 spiro atoms. The molecule has 0 aromatic carbocycles. The molecule has 1 fully saturated rings. The summed E-state index contributed by atoms with van der Waals surface area (Å²) in [6.45, 7) is 4.08. The van der Waals surface area contributed by atoms with Gasteiger partial charge in [0.15, 0.2) is 5.82 Å². The second kappa shape index (κ2) is 8.52. The first kappa shape index (κ1) is 21.1. The van der Waals surface area contributed by atoms with Crippen LogP contribution in [0.4, 0.5) is 9.18 Å². The van der Waals surface area contributed by atoms with Crippen LogP contribution < -0.4 is 5.32 Å². The second-order valence-corrected chi connectivity index (χ2v) is 8.92. The normalized spacial score (nSPS) is 17.6. The Morgan fingerprint density at radius 3 is 2.87 bits per heavy atom. The lowest BCUT2D eigenvalue weighted by Crippen LogP contribution is -2.53. The van der Waals surface area contributed by atoms with Crippen LogP contribution in [0.2, 0.25) is 0 Å². The molecule has 0 radical (unpaired) electrons. The Kier molecular flexibility index (Phi) is 5.99. The summed E-state index contributed by atoms with van der Waals surface area (Å²) in [4.78, 5) is 33.9. The van der Waals surface area contributed by atoms with Crippen molar-refractivity contribution in [1.82, 2.24) is 20.2 Å². The summed E-state index contributed by atoms with van der Waals surface area (Å²) in [5, 5.41) is 3.00. The monoisotopic (exact) mass is 526 g/mol. The van der Waals surface area contributed by atoms with Gasteiger partial charge in [0.25, 0.3) is 5.91 Å². The molecule has 2 aromatic rings. The number of unbranched alkanes of at least 4 members (excludes halogenated alkanes) is 1.